The minimum Gasteiger partial charge on any atom is -0.481 e. The summed E-state index contributed by atoms with van der Waals surface area (Å²) in [7, 11) is 0. The zero-order chi connectivity index (χ0) is 13.8. The standard InChI is InChI=1S/C12H22N2O4/c1-8(10(15)16)9(2)14-11(17)13-7-12(3)5-4-6-18-12/h8-9H,4-7H2,1-3H3,(H,15,16)(H2,13,14,17). The molecule has 3 atom stereocenters. The number of carbonyl (C=O) groups is 2. The van der Waals surface area contributed by atoms with Crippen LogP contribution in [0.4, 0.5) is 4.79 Å². The third-order valence-corrected chi connectivity index (χ3v) is 3.42. The molecule has 0 aromatic rings. The zero-order valence-electron chi connectivity index (χ0n) is 11.2. The Morgan fingerprint density at radius 1 is 1.44 bits per heavy atom. The van der Waals surface area contributed by atoms with Gasteiger partial charge in [-0.3, -0.25) is 4.79 Å². The van der Waals surface area contributed by atoms with Gasteiger partial charge >= 0.3 is 12.0 Å². The SMILES string of the molecule is CC(NC(=O)NCC1(C)CCCO1)C(C)C(=O)O. The van der Waals surface area contributed by atoms with Crippen LogP contribution >= 0.6 is 0 Å². The van der Waals surface area contributed by atoms with Crippen LogP contribution in [0.5, 0.6) is 0 Å². The molecule has 1 saturated heterocycles. The van der Waals surface area contributed by atoms with Gasteiger partial charge in [-0.05, 0) is 33.6 Å². The molecule has 104 valence electrons. The van der Waals surface area contributed by atoms with Crippen molar-refractivity contribution >= 4 is 12.0 Å². The van der Waals surface area contributed by atoms with E-state index in [2.05, 4.69) is 10.6 Å². The number of carboxylic acid groups (broad SMARTS) is 1. The van der Waals surface area contributed by atoms with Crippen molar-refractivity contribution < 1.29 is 19.4 Å². The van der Waals surface area contributed by atoms with Crippen LogP contribution in [-0.2, 0) is 9.53 Å². The number of carbonyl (C=O) groups excluding carboxylic acids is 1. The molecule has 1 aliphatic rings. The van der Waals surface area contributed by atoms with Gasteiger partial charge in [0, 0.05) is 19.2 Å². The summed E-state index contributed by atoms with van der Waals surface area (Å²) >= 11 is 0. The summed E-state index contributed by atoms with van der Waals surface area (Å²) in [6.45, 7) is 6.36. The highest BCUT2D eigenvalue weighted by Crippen LogP contribution is 2.23. The predicted octanol–water partition coefficient (Wildman–Crippen LogP) is 0.964. The molecule has 18 heavy (non-hydrogen) atoms. The molecule has 0 bridgehead atoms. The van der Waals surface area contributed by atoms with E-state index >= 15 is 0 Å². The molecule has 3 N–H and O–H groups in total. The van der Waals surface area contributed by atoms with E-state index in [-0.39, 0.29) is 11.6 Å². The van der Waals surface area contributed by atoms with Crippen LogP contribution in [0.3, 0.4) is 0 Å². The number of urea groups is 1. The zero-order valence-corrected chi connectivity index (χ0v) is 11.2. The quantitative estimate of drug-likeness (QED) is 0.685. The maximum atomic E-state index is 11.6. The number of aliphatic carboxylic acids is 1. The maximum absolute atomic E-state index is 11.6. The fourth-order valence-electron chi connectivity index (χ4n) is 1.84. The Kier molecular flexibility index (Phi) is 4.95. The number of amides is 2. The van der Waals surface area contributed by atoms with E-state index in [1.165, 1.54) is 0 Å². The van der Waals surface area contributed by atoms with E-state index < -0.39 is 17.9 Å². The van der Waals surface area contributed by atoms with E-state index in [4.69, 9.17) is 9.84 Å². The third kappa shape index (κ3) is 4.18. The number of ether oxygens (including phenoxy) is 1. The number of carboxylic acids is 1. The molecular weight excluding hydrogens is 236 g/mol. The topological polar surface area (TPSA) is 87.7 Å². The highest BCUT2D eigenvalue weighted by Gasteiger charge is 2.30. The van der Waals surface area contributed by atoms with Crippen molar-refractivity contribution in [3.63, 3.8) is 0 Å². The number of hydrogen-bond acceptors (Lipinski definition) is 3. The van der Waals surface area contributed by atoms with E-state index in [9.17, 15) is 9.59 Å². The molecule has 0 aromatic heterocycles. The maximum Gasteiger partial charge on any atom is 0.315 e. The summed E-state index contributed by atoms with van der Waals surface area (Å²) in [6, 6.07) is -0.771. The Morgan fingerprint density at radius 3 is 2.61 bits per heavy atom. The second-order valence-corrected chi connectivity index (χ2v) is 5.14. The lowest BCUT2D eigenvalue weighted by molar-refractivity contribution is -0.141. The molecule has 1 rings (SSSR count). The van der Waals surface area contributed by atoms with Gasteiger partial charge in [0.05, 0.1) is 11.5 Å². The molecule has 1 aliphatic heterocycles. The van der Waals surface area contributed by atoms with Crippen LogP contribution in [0.15, 0.2) is 0 Å². The lowest BCUT2D eigenvalue weighted by Crippen LogP contribution is -2.49. The molecule has 0 aromatic carbocycles. The van der Waals surface area contributed by atoms with Gasteiger partial charge in [-0.1, -0.05) is 0 Å². The van der Waals surface area contributed by atoms with Crippen molar-refractivity contribution in [1.29, 1.82) is 0 Å². The number of nitrogens with one attached hydrogen (secondary N) is 2. The van der Waals surface area contributed by atoms with E-state index in [1.807, 2.05) is 6.92 Å². The fourth-order valence-corrected chi connectivity index (χ4v) is 1.84. The number of hydrogen-bond donors (Lipinski definition) is 3. The minimum absolute atomic E-state index is 0.293. The minimum atomic E-state index is -0.922. The van der Waals surface area contributed by atoms with Gasteiger partial charge in [0.25, 0.3) is 0 Å². The van der Waals surface area contributed by atoms with E-state index in [0.29, 0.717) is 6.54 Å². The Labute approximate surface area is 107 Å². The average Bonchev–Trinajstić information content (AvgIpc) is 2.73. The molecule has 0 radical (unpaired) electrons. The Hall–Kier alpha value is -1.30. The van der Waals surface area contributed by atoms with Gasteiger partial charge in [-0.15, -0.1) is 0 Å². The van der Waals surface area contributed by atoms with Crippen LogP contribution in [0.1, 0.15) is 33.6 Å². The summed E-state index contributed by atoms with van der Waals surface area (Å²) in [5, 5.41) is 14.2. The van der Waals surface area contributed by atoms with Gasteiger partial charge in [-0.2, -0.15) is 0 Å². The van der Waals surface area contributed by atoms with Crippen LogP contribution in [-0.4, -0.2) is 41.9 Å². The predicted molar refractivity (Wildman–Crippen MR) is 66.4 cm³/mol. The van der Waals surface area contributed by atoms with Crippen LogP contribution in [0, 0.1) is 5.92 Å². The van der Waals surface area contributed by atoms with Crippen molar-refractivity contribution in [3.05, 3.63) is 0 Å². The Bertz CT molecular complexity index is 313. The first-order chi connectivity index (χ1) is 8.34. The summed E-state index contributed by atoms with van der Waals surface area (Å²) in [4.78, 5) is 22.4. The van der Waals surface area contributed by atoms with Crippen LogP contribution in [0.2, 0.25) is 0 Å². The van der Waals surface area contributed by atoms with Crippen LogP contribution < -0.4 is 10.6 Å². The average molecular weight is 258 g/mol. The van der Waals surface area contributed by atoms with E-state index in [0.717, 1.165) is 19.4 Å². The smallest absolute Gasteiger partial charge is 0.315 e. The van der Waals surface area contributed by atoms with Gasteiger partial charge in [0.2, 0.25) is 0 Å². The van der Waals surface area contributed by atoms with Crippen LogP contribution in [0.25, 0.3) is 0 Å². The molecule has 6 nitrogen and oxygen atoms in total. The van der Waals surface area contributed by atoms with Crippen molar-refractivity contribution in [3.8, 4) is 0 Å². The highest BCUT2D eigenvalue weighted by atomic mass is 16.5. The number of rotatable bonds is 5. The normalized spacial score (nSPS) is 26.4. The van der Waals surface area contributed by atoms with Crippen molar-refractivity contribution in [2.75, 3.05) is 13.2 Å². The summed E-state index contributed by atoms with van der Waals surface area (Å²) in [5.41, 5.74) is -0.293. The van der Waals surface area contributed by atoms with Gasteiger partial charge in [-0.25, -0.2) is 4.79 Å². The molecule has 0 aliphatic carbocycles. The second kappa shape index (κ2) is 6.04. The molecule has 3 unspecified atom stereocenters. The molecule has 1 heterocycles. The van der Waals surface area contributed by atoms with E-state index in [1.54, 1.807) is 13.8 Å². The molecule has 0 spiro atoms. The van der Waals surface area contributed by atoms with Crippen molar-refractivity contribution in [1.82, 2.24) is 10.6 Å². The molecule has 1 fully saturated rings. The Morgan fingerprint density at radius 2 is 2.11 bits per heavy atom. The third-order valence-electron chi connectivity index (χ3n) is 3.42. The summed E-state index contributed by atoms with van der Waals surface area (Å²) < 4.78 is 5.54. The first-order valence-corrected chi connectivity index (χ1v) is 6.25. The lowest BCUT2D eigenvalue weighted by Gasteiger charge is -2.24. The largest absolute Gasteiger partial charge is 0.481 e. The van der Waals surface area contributed by atoms with Crippen molar-refractivity contribution in [2.24, 2.45) is 5.92 Å². The summed E-state index contributed by atoms with van der Waals surface area (Å²) in [5.74, 6) is -1.54. The van der Waals surface area contributed by atoms with Gasteiger partial charge < -0.3 is 20.5 Å². The molecule has 6 heteroatoms. The molecule has 2 amide bonds. The fraction of sp³-hybridized carbons (Fsp3) is 0.833. The lowest BCUT2D eigenvalue weighted by atomic mass is 10.0. The summed E-state index contributed by atoms with van der Waals surface area (Å²) in [6.07, 6.45) is 1.93. The first kappa shape index (κ1) is 14.8. The first-order valence-electron chi connectivity index (χ1n) is 6.25. The van der Waals surface area contributed by atoms with Gasteiger partial charge in [0.15, 0.2) is 0 Å². The molecule has 0 saturated carbocycles. The second-order valence-electron chi connectivity index (χ2n) is 5.14. The molecular formula is C12H22N2O4. The van der Waals surface area contributed by atoms with Gasteiger partial charge in [0.1, 0.15) is 0 Å². The Balaban J connectivity index is 2.31. The monoisotopic (exact) mass is 258 g/mol. The van der Waals surface area contributed by atoms with Crippen molar-refractivity contribution in [2.45, 2.75) is 45.3 Å². The highest BCUT2D eigenvalue weighted by molar-refractivity contribution is 5.76.